The normalized spacial score (nSPS) is 26.8. The Balaban J connectivity index is 1.24. The first-order chi connectivity index (χ1) is 18.5. The number of aromatic nitrogens is 4. The van der Waals surface area contributed by atoms with Crippen LogP contribution in [0.1, 0.15) is 36.4 Å². The maximum Gasteiger partial charge on any atom is 0.224 e. The Kier molecular flexibility index (Phi) is 6.96. The number of pyridine rings is 1. The fraction of sp³-hybridized carbons (Fsp3) is 0.429. The van der Waals surface area contributed by atoms with Gasteiger partial charge in [0.15, 0.2) is 0 Å². The molecule has 2 fully saturated rings. The second kappa shape index (κ2) is 10.5. The van der Waals surface area contributed by atoms with Gasteiger partial charge in [-0.3, -0.25) is 4.98 Å². The lowest BCUT2D eigenvalue weighted by Crippen LogP contribution is -2.36. The monoisotopic (exact) mass is 532 g/mol. The van der Waals surface area contributed by atoms with Gasteiger partial charge in [-0.25, -0.2) is 9.97 Å². The van der Waals surface area contributed by atoms with Crippen molar-refractivity contribution in [2.75, 3.05) is 23.8 Å². The standard InChI is InChI=1S/C28H32N6O3S/c1-15-23(27-33-21-13-29-8-7-22(21)38-27)26(32-20-11-19(14-35)24(36)25(20)37)34-28(31-15)30-12-16-9-18(10-16)17-5-3-2-4-6-17/h2-8,13,16,18-20,24-25,35-37H,9-12,14H2,1H3,(H2,30,31,32,34)/t16-,18+,19-,20-,24-,25+/m1/s1. The van der Waals surface area contributed by atoms with Crippen molar-refractivity contribution in [3.63, 3.8) is 0 Å². The first-order valence-electron chi connectivity index (χ1n) is 13.1. The molecule has 2 aliphatic rings. The second-order valence-corrected chi connectivity index (χ2v) is 11.5. The van der Waals surface area contributed by atoms with Crippen LogP contribution in [0.3, 0.4) is 0 Å². The van der Waals surface area contributed by atoms with Gasteiger partial charge in [0, 0.05) is 25.3 Å². The van der Waals surface area contributed by atoms with Crippen LogP contribution in [-0.2, 0) is 0 Å². The molecule has 4 aromatic rings. The van der Waals surface area contributed by atoms with Gasteiger partial charge in [-0.2, -0.15) is 4.98 Å². The number of hydrogen-bond donors (Lipinski definition) is 5. The summed E-state index contributed by atoms with van der Waals surface area (Å²) in [7, 11) is 0. The summed E-state index contributed by atoms with van der Waals surface area (Å²) in [5, 5.41) is 38.2. The van der Waals surface area contributed by atoms with Gasteiger partial charge in [-0.15, -0.1) is 11.3 Å². The van der Waals surface area contributed by atoms with Crippen LogP contribution in [0.2, 0.25) is 0 Å². The molecule has 2 aliphatic carbocycles. The van der Waals surface area contributed by atoms with E-state index in [1.165, 1.54) is 16.9 Å². The Morgan fingerprint density at radius 1 is 1.00 bits per heavy atom. The van der Waals surface area contributed by atoms with E-state index in [9.17, 15) is 15.3 Å². The minimum Gasteiger partial charge on any atom is -0.396 e. The van der Waals surface area contributed by atoms with E-state index < -0.39 is 24.2 Å². The molecule has 0 unspecified atom stereocenters. The van der Waals surface area contributed by atoms with Crippen LogP contribution in [0.15, 0.2) is 48.8 Å². The number of aliphatic hydroxyl groups excluding tert-OH is 3. The summed E-state index contributed by atoms with van der Waals surface area (Å²) in [4.78, 5) is 18.5. The first-order valence-corrected chi connectivity index (χ1v) is 13.9. The van der Waals surface area contributed by atoms with E-state index in [4.69, 9.17) is 15.0 Å². The summed E-state index contributed by atoms with van der Waals surface area (Å²) in [6.45, 7) is 2.53. The number of fused-ring (bicyclic) bond motifs is 1. The number of thiazole rings is 1. The smallest absolute Gasteiger partial charge is 0.224 e. The molecule has 9 nitrogen and oxygen atoms in total. The largest absolute Gasteiger partial charge is 0.396 e. The van der Waals surface area contributed by atoms with E-state index in [0.29, 0.717) is 30.0 Å². The fourth-order valence-corrected chi connectivity index (χ4v) is 6.69. The van der Waals surface area contributed by atoms with E-state index in [2.05, 4.69) is 45.9 Å². The number of hydrogen-bond acceptors (Lipinski definition) is 10. The Labute approximate surface area is 225 Å². The van der Waals surface area contributed by atoms with E-state index >= 15 is 0 Å². The Bertz CT molecular complexity index is 1380. The van der Waals surface area contributed by atoms with Crippen LogP contribution >= 0.6 is 11.3 Å². The van der Waals surface area contributed by atoms with Gasteiger partial charge < -0.3 is 26.0 Å². The minimum atomic E-state index is -1.02. The highest BCUT2D eigenvalue weighted by Crippen LogP contribution is 2.42. The van der Waals surface area contributed by atoms with Gasteiger partial charge in [-0.1, -0.05) is 30.3 Å². The van der Waals surface area contributed by atoms with Crippen LogP contribution < -0.4 is 10.6 Å². The SMILES string of the molecule is Cc1nc(NC[C@H]2C[C@@H](c3ccccc3)C2)nc(N[C@@H]2C[C@H](CO)[C@@H](O)[C@H]2O)c1-c1nc2cnccc2s1. The van der Waals surface area contributed by atoms with Crippen LogP contribution in [0, 0.1) is 18.8 Å². The topological polar surface area (TPSA) is 136 Å². The van der Waals surface area contributed by atoms with E-state index in [-0.39, 0.29) is 6.61 Å². The minimum absolute atomic E-state index is 0.185. The maximum atomic E-state index is 10.7. The van der Waals surface area contributed by atoms with Gasteiger partial charge in [0.1, 0.15) is 22.4 Å². The number of aryl methyl sites for hydroxylation is 1. The third-order valence-electron chi connectivity index (χ3n) is 7.91. The van der Waals surface area contributed by atoms with Crippen LogP contribution in [-0.4, -0.2) is 66.7 Å². The van der Waals surface area contributed by atoms with Crippen LogP contribution in [0.4, 0.5) is 11.8 Å². The average Bonchev–Trinajstić information content (AvgIpc) is 3.44. The maximum absolute atomic E-state index is 10.7. The second-order valence-electron chi connectivity index (χ2n) is 10.5. The van der Waals surface area contributed by atoms with E-state index in [1.54, 1.807) is 12.4 Å². The highest BCUT2D eigenvalue weighted by Gasteiger charge is 2.41. The van der Waals surface area contributed by atoms with Crippen LogP contribution in [0.5, 0.6) is 0 Å². The number of anilines is 2. The Morgan fingerprint density at radius 2 is 1.82 bits per heavy atom. The molecule has 4 atom stereocenters. The molecular formula is C28H32N6O3S. The summed E-state index contributed by atoms with van der Waals surface area (Å²) in [5.74, 6) is 1.84. The lowest BCUT2D eigenvalue weighted by molar-refractivity contribution is 0.00446. The highest BCUT2D eigenvalue weighted by molar-refractivity contribution is 7.21. The summed E-state index contributed by atoms with van der Waals surface area (Å²) in [6.07, 6.45) is 4.16. The molecule has 2 saturated carbocycles. The van der Waals surface area contributed by atoms with Crippen LogP contribution in [0.25, 0.3) is 20.8 Å². The quantitative estimate of drug-likeness (QED) is 0.231. The molecule has 0 saturated heterocycles. The highest BCUT2D eigenvalue weighted by atomic mass is 32.1. The van der Waals surface area contributed by atoms with Gasteiger partial charge in [0.25, 0.3) is 0 Å². The zero-order chi connectivity index (χ0) is 26.2. The predicted octanol–water partition coefficient (Wildman–Crippen LogP) is 3.58. The fourth-order valence-electron chi connectivity index (χ4n) is 5.66. The van der Waals surface area contributed by atoms with Crippen molar-refractivity contribution in [1.29, 1.82) is 0 Å². The first kappa shape index (κ1) is 25.1. The molecule has 0 radical (unpaired) electrons. The lowest BCUT2D eigenvalue weighted by Gasteiger charge is -2.35. The van der Waals surface area contributed by atoms with Crippen molar-refractivity contribution < 1.29 is 15.3 Å². The van der Waals surface area contributed by atoms with Gasteiger partial charge in [0.2, 0.25) is 5.95 Å². The lowest BCUT2D eigenvalue weighted by atomic mass is 9.71. The number of nitrogens with one attached hydrogen (secondary N) is 2. The zero-order valence-corrected chi connectivity index (χ0v) is 22.0. The average molecular weight is 533 g/mol. The van der Waals surface area contributed by atoms with Crippen molar-refractivity contribution in [3.05, 3.63) is 60.0 Å². The molecule has 10 heteroatoms. The summed E-state index contributed by atoms with van der Waals surface area (Å²) >= 11 is 1.53. The molecule has 3 heterocycles. The summed E-state index contributed by atoms with van der Waals surface area (Å²) < 4.78 is 1.01. The van der Waals surface area contributed by atoms with E-state index in [1.807, 2.05) is 13.0 Å². The third-order valence-corrected chi connectivity index (χ3v) is 8.96. The summed E-state index contributed by atoms with van der Waals surface area (Å²) in [5.41, 5.74) is 3.73. The molecule has 0 bridgehead atoms. The molecule has 198 valence electrons. The molecule has 6 rings (SSSR count). The third kappa shape index (κ3) is 4.84. The number of rotatable bonds is 8. The molecule has 0 aliphatic heterocycles. The van der Waals surface area contributed by atoms with Crippen molar-refractivity contribution in [2.45, 2.75) is 50.4 Å². The molecule has 38 heavy (non-hydrogen) atoms. The number of aliphatic hydroxyl groups is 3. The number of nitrogens with zero attached hydrogens (tertiary/aromatic N) is 4. The van der Waals surface area contributed by atoms with Crippen molar-refractivity contribution in [2.24, 2.45) is 11.8 Å². The molecule has 3 aromatic heterocycles. The molecule has 5 N–H and O–H groups in total. The van der Waals surface area contributed by atoms with Gasteiger partial charge >= 0.3 is 0 Å². The Hall–Kier alpha value is -3.18. The molecular weight excluding hydrogens is 500 g/mol. The van der Waals surface area contributed by atoms with Gasteiger partial charge in [-0.05, 0) is 49.7 Å². The van der Waals surface area contributed by atoms with Gasteiger partial charge in [0.05, 0.1) is 34.3 Å². The molecule has 0 amide bonds. The zero-order valence-electron chi connectivity index (χ0n) is 21.2. The Morgan fingerprint density at radius 3 is 2.55 bits per heavy atom. The van der Waals surface area contributed by atoms with Crippen molar-refractivity contribution >= 4 is 33.3 Å². The molecule has 0 spiro atoms. The van der Waals surface area contributed by atoms with E-state index in [0.717, 1.165) is 45.9 Å². The number of benzene rings is 1. The van der Waals surface area contributed by atoms with Crippen molar-refractivity contribution in [1.82, 2.24) is 19.9 Å². The summed E-state index contributed by atoms with van der Waals surface area (Å²) in [6, 6.07) is 12.1. The van der Waals surface area contributed by atoms with Crippen molar-refractivity contribution in [3.8, 4) is 10.6 Å². The predicted molar refractivity (Wildman–Crippen MR) is 148 cm³/mol. The molecule has 1 aromatic carbocycles.